The second-order valence-corrected chi connectivity index (χ2v) is 6.83. The second kappa shape index (κ2) is 10.2. The van der Waals surface area contributed by atoms with Crippen molar-refractivity contribution >= 4 is 11.9 Å². The molecule has 2 aromatic rings. The molecule has 6 heteroatoms. The Bertz CT molecular complexity index is 811. The van der Waals surface area contributed by atoms with E-state index < -0.39 is 17.9 Å². The minimum absolute atomic E-state index is 0.121. The quantitative estimate of drug-likeness (QED) is 0.352. The second-order valence-electron chi connectivity index (χ2n) is 6.83. The molecule has 0 amide bonds. The van der Waals surface area contributed by atoms with Gasteiger partial charge in [-0.3, -0.25) is 0 Å². The van der Waals surface area contributed by atoms with E-state index in [-0.39, 0.29) is 17.7 Å². The van der Waals surface area contributed by atoms with Crippen molar-refractivity contribution in [2.45, 2.75) is 45.2 Å². The Labute approximate surface area is 170 Å². The van der Waals surface area contributed by atoms with Crippen LogP contribution in [0.1, 0.15) is 58.9 Å². The molecular formula is C23H26O6. The number of carbonyl (C=O) groups excluding carboxylic acids is 2. The molecule has 1 aliphatic rings. The summed E-state index contributed by atoms with van der Waals surface area (Å²) >= 11 is 0. The molecule has 0 saturated carbocycles. The summed E-state index contributed by atoms with van der Waals surface area (Å²) in [5.41, 5.74) is 1.14. The van der Waals surface area contributed by atoms with Gasteiger partial charge in [0.25, 0.3) is 0 Å². The largest absolute Gasteiger partial charge is 0.457 e. The van der Waals surface area contributed by atoms with Gasteiger partial charge in [0.2, 0.25) is 0 Å². The average molecular weight is 398 g/mol. The van der Waals surface area contributed by atoms with Crippen molar-refractivity contribution in [3.63, 3.8) is 0 Å². The number of carbonyl (C=O) groups is 2. The Morgan fingerprint density at radius 2 is 1.69 bits per heavy atom. The molecule has 1 heterocycles. The highest BCUT2D eigenvalue weighted by molar-refractivity contribution is 6.03. The van der Waals surface area contributed by atoms with Crippen LogP contribution in [0.25, 0.3) is 0 Å². The number of rotatable bonds is 9. The Hall–Kier alpha value is -2.70. The zero-order chi connectivity index (χ0) is 20.5. The van der Waals surface area contributed by atoms with Gasteiger partial charge in [0.05, 0.1) is 24.3 Å². The molecule has 0 aromatic heterocycles. The Morgan fingerprint density at radius 3 is 2.34 bits per heavy atom. The molecule has 6 nitrogen and oxygen atoms in total. The summed E-state index contributed by atoms with van der Waals surface area (Å²) in [6.45, 7) is 3.07. The molecule has 2 aromatic carbocycles. The smallest absolute Gasteiger partial charge is 0.343 e. The van der Waals surface area contributed by atoms with E-state index in [2.05, 4.69) is 6.92 Å². The Balaban J connectivity index is 1.69. The van der Waals surface area contributed by atoms with Crippen LogP contribution in [0.15, 0.2) is 54.6 Å². The number of unbranched alkanes of at least 4 members (excludes halogenated alkanes) is 1. The Kier molecular flexibility index (Phi) is 7.38. The first kappa shape index (κ1) is 21.0. The third-order valence-electron chi connectivity index (χ3n) is 4.60. The molecule has 29 heavy (non-hydrogen) atoms. The van der Waals surface area contributed by atoms with Crippen LogP contribution in [0.4, 0.5) is 0 Å². The standard InChI is InChI=1S/C23H26O6/c1-2-3-15-27-23(14-9-16-28-23)29-22(25)20-13-8-7-12-19(20)21(24)26-17-18-10-5-4-6-11-18/h4-8,10-13H,2-3,9,14-17H2,1H3. The van der Waals surface area contributed by atoms with Crippen molar-refractivity contribution in [1.29, 1.82) is 0 Å². The summed E-state index contributed by atoms with van der Waals surface area (Å²) < 4.78 is 22.3. The first-order valence-corrected chi connectivity index (χ1v) is 9.95. The van der Waals surface area contributed by atoms with Gasteiger partial charge in [-0.15, -0.1) is 0 Å². The van der Waals surface area contributed by atoms with Crippen LogP contribution in [0.5, 0.6) is 0 Å². The molecule has 154 valence electrons. The van der Waals surface area contributed by atoms with Crippen LogP contribution in [0.3, 0.4) is 0 Å². The van der Waals surface area contributed by atoms with Crippen LogP contribution < -0.4 is 0 Å². The lowest BCUT2D eigenvalue weighted by atomic mass is 10.1. The molecule has 1 unspecified atom stereocenters. The summed E-state index contributed by atoms with van der Waals surface area (Å²) in [7, 11) is 0. The summed E-state index contributed by atoms with van der Waals surface area (Å²) in [5.74, 6) is -2.64. The van der Waals surface area contributed by atoms with Gasteiger partial charge in [-0.2, -0.15) is 0 Å². The SMILES string of the molecule is CCCCOC1(OC(=O)c2ccccc2C(=O)OCc2ccccc2)CCCO1. The number of benzene rings is 2. The van der Waals surface area contributed by atoms with Crippen molar-refractivity contribution in [3.05, 3.63) is 71.3 Å². The van der Waals surface area contributed by atoms with E-state index in [1.54, 1.807) is 18.2 Å². The fourth-order valence-electron chi connectivity index (χ4n) is 3.02. The third-order valence-corrected chi connectivity index (χ3v) is 4.60. The van der Waals surface area contributed by atoms with E-state index in [0.717, 1.165) is 24.8 Å². The van der Waals surface area contributed by atoms with Gasteiger partial charge in [0, 0.05) is 6.42 Å². The molecule has 1 fully saturated rings. The monoisotopic (exact) mass is 398 g/mol. The number of hydrogen-bond acceptors (Lipinski definition) is 6. The normalized spacial score (nSPS) is 18.4. The summed E-state index contributed by atoms with van der Waals surface area (Å²) in [5, 5.41) is 0. The van der Waals surface area contributed by atoms with Gasteiger partial charge < -0.3 is 18.9 Å². The zero-order valence-corrected chi connectivity index (χ0v) is 16.6. The lowest BCUT2D eigenvalue weighted by molar-refractivity contribution is -0.334. The van der Waals surface area contributed by atoms with Crippen LogP contribution >= 0.6 is 0 Å². The minimum atomic E-state index is -1.38. The molecule has 0 spiro atoms. The van der Waals surface area contributed by atoms with E-state index in [9.17, 15) is 9.59 Å². The maximum atomic E-state index is 12.8. The van der Waals surface area contributed by atoms with E-state index in [1.165, 1.54) is 6.07 Å². The topological polar surface area (TPSA) is 71.1 Å². The van der Waals surface area contributed by atoms with Gasteiger partial charge in [0.15, 0.2) is 0 Å². The maximum absolute atomic E-state index is 12.8. The summed E-state index contributed by atoms with van der Waals surface area (Å²) in [6.07, 6.45) is 2.99. The molecule has 0 N–H and O–H groups in total. The van der Waals surface area contributed by atoms with Gasteiger partial charge in [-0.05, 0) is 30.5 Å². The predicted molar refractivity (Wildman–Crippen MR) is 106 cm³/mol. The van der Waals surface area contributed by atoms with Gasteiger partial charge in [-0.1, -0.05) is 55.8 Å². The van der Waals surface area contributed by atoms with Crippen molar-refractivity contribution in [3.8, 4) is 0 Å². The van der Waals surface area contributed by atoms with E-state index in [1.807, 2.05) is 30.3 Å². The summed E-state index contributed by atoms with van der Waals surface area (Å²) in [4.78, 5) is 25.4. The van der Waals surface area contributed by atoms with Crippen molar-refractivity contribution < 1.29 is 28.5 Å². The van der Waals surface area contributed by atoms with Crippen LogP contribution in [0.2, 0.25) is 0 Å². The van der Waals surface area contributed by atoms with Crippen molar-refractivity contribution in [1.82, 2.24) is 0 Å². The fraction of sp³-hybridized carbons (Fsp3) is 0.391. The molecule has 1 aliphatic heterocycles. The maximum Gasteiger partial charge on any atom is 0.343 e. The fourth-order valence-corrected chi connectivity index (χ4v) is 3.02. The van der Waals surface area contributed by atoms with Crippen molar-refractivity contribution in [2.24, 2.45) is 0 Å². The lowest BCUT2D eigenvalue weighted by Crippen LogP contribution is -2.38. The zero-order valence-electron chi connectivity index (χ0n) is 16.6. The highest BCUT2D eigenvalue weighted by Crippen LogP contribution is 2.30. The molecule has 0 bridgehead atoms. The predicted octanol–water partition coefficient (Wildman–Crippen LogP) is 4.48. The number of ether oxygens (including phenoxy) is 4. The van der Waals surface area contributed by atoms with Crippen LogP contribution in [0, 0.1) is 0 Å². The number of hydrogen-bond donors (Lipinski definition) is 0. The molecule has 0 radical (unpaired) electrons. The minimum Gasteiger partial charge on any atom is -0.457 e. The molecular weight excluding hydrogens is 372 g/mol. The molecule has 3 rings (SSSR count). The first-order valence-electron chi connectivity index (χ1n) is 9.95. The highest BCUT2D eigenvalue weighted by Gasteiger charge is 2.41. The first-order chi connectivity index (χ1) is 14.1. The third kappa shape index (κ3) is 5.65. The molecule has 0 aliphatic carbocycles. The van der Waals surface area contributed by atoms with Crippen LogP contribution in [-0.4, -0.2) is 31.1 Å². The molecule has 1 saturated heterocycles. The number of esters is 2. The lowest BCUT2D eigenvalue weighted by Gasteiger charge is -2.27. The van der Waals surface area contributed by atoms with Gasteiger partial charge in [0.1, 0.15) is 6.61 Å². The van der Waals surface area contributed by atoms with Crippen LogP contribution in [-0.2, 0) is 25.6 Å². The van der Waals surface area contributed by atoms with E-state index >= 15 is 0 Å². The highest BCUT2D eigenvalue weighted by atomic mass is 16.9. The van der Waals surface area contributed by atoms with Gasteiger partial charge >= 0.3 is 17.9 Å². The van der Waals surface area contributed by atoms with E-state index in [0.29, 0.717) is 19.6 Å². The van der Waals surface area contributed by atoms with Crippen molar-refractivity contribution in [2.75, 3.05) is 13.2 Å². The summed E-state index contributed by atoms with van der Waals surface area (Å²) in [6, 6.07) is 15.8. The van der Waals surface area contributed by atoms with Gasteiger partial charge in [-0.25, -0.2) is 9.59 Å². The average Bonchev–Trinajstić information content (AvgIpc) is 3.21. The Morgan fingerprint density at radius 1 is 1.00 bits per heavy atom. The van der Waals surface area contributed by atoms with E-state index in [4.69, 9.17) is 18.9 Å². The molecule has 1 atom stereocenters.